The zero-order valence-electron chi connectivity index (χ0n) is 7.01. The molecular weight excluding hydrogens is 297 g/mol. The van der Waals surface area contributed by atoms with Crippen LogP contribution >= 0.6 is 27.5 Å². The van der Waals surface area contributed by atoms with Crippen LogP contribution in [0.25, 0.3) is 0 Å². The van der Waals surface area contributed by atoms with E-state index in [0.29, 0.717) is 0 Å². The largest absolute Gasteiger partial charge is 0.478 e. The average molecular weight is 301 g/mol. The minimum absolute atomic E-state index is 0.0906. The summed E-state index contributed by atoms with van der Waals surface area (Å²) in [7, 11) is 0. The Kier molecular flexibility index (Phi) is 3.87. The van der Waals surface area contributed by atoms with Gasteiger partial charge >= 0.3 is 12.6 Å². The molecule has 1 aromatic carbocycles. The standard InChI is InChI=1S/C8H4BrClF2O3/c9-5-3(7(13)14)1-2-4(10)6(5)15-8(11)12/h1-2,8H,(H,13,14). The smallest absolute Gasteiger partial charge is 0.387 e. The van der Waals surface area contributed by atoms with Crippen LogP contribution in [0.3, 0.4) is 0 Å². The average Bonchev–Trinajstić information content (AvgIpc) is 2.11. The number of alkyl halides is 2. The van der Waals surface area contributed by atoms with Crippen LogP contribution in [0.4, 0.5) is 8.78 Å². The van der Waals surface area contributed by atoms with Gasteiger partial charge in [0.25, 0.3) is 0 Å². The molecule has 0 spiro atoms. The highest BCUT2D eigenvalue weighted by Crippen LogP contribution is 2.36. The quantitative estimate of drug-likeness (QED) is 0.930. The molecule has 0 aliphatic rings. The molecule has 7 heteroatoms. The number of hydrogen-bond donors (Lipinski definition) is 1. The summed E-state index contributed by atoms with van der Waals surface area (Å²) in [6.45, 7) is -3.07. The van der Waals surface area contributed by atoms with Crippen molar-refractivity contribution in [2.45, 2.75) is 6.61 Å². The Morgan fingerprint density at radius 2 is 2.13 bits per heavy atom. The second-order valence-corrected chi connectivity index (χ2v) is 3.62. The number of hydrogen-bond acceptors (Lipinski definition) is 2. The Labute approximate surface area is 96.7 Å². The predicted octanol–water partition coefficient (Wildman–Crippen LogP) is 3.40. The third-order valence-electron chi connectivity index (χ3n) is 1.49. The van der Waals surface area contributed by atoms with Crippen LogP contribution in [0.1, 0.15) is 10.4 Å². The minimum atomic E-state index is -3.07. The highest BCUT2D eigenvalue weighted by atomic mass is 79.9. The lowest BCUT2D eigenvalue weighted by molar-refractivity contribution is -0.0503. The first-order valence-electron chi connectivity index (χ1n) is 3.59. The summed E-state index contributed by atoms with van der Waals surface area (Å²) in [6, 6.07) is 2.36. The van der Waals surface area contributed by atoms with Gasteiger partial charge in [0.15, 0.2) is 5.75 Å². The normalized spacial score (nSPS) is 10.5. The number of carbonyl (C=O) groups is 1. The van der Waals surface area contributed by atoms with E-state index in [4.69, 9.17) is 16.7 Å². The molecule has 0 aromatic heterocycles. The fourth-order valence-corrected chi connectivity index (χ4v) is 1.82. The molecule has 0 atom stereocenters. The van der Waals surface area contributed by atoms with Crippen LogP contribution in [-0.4, -0.2) is 17.7 Å². The van der Waals surface area contributed by atoms with Gasteiger partial charge in [-0.25, -0.2) is 4.79 Å². The van der Waals surface area contributed by atoms with Crippen LogP contribution in [0.2, 0.25) is 5.02 Å². The molecule has 82 valence electrons. The molecule has 3 nitrogen and oxygen atoms in total. The molecule has 0 saturated heterocycles. The van der Waals surface area contributed by atoms with E-state index in [0.717, 1.165) is 0 Å². The number of carboxylic acid groups (broad SMARTS) is 1. The SMILES string of the molecule is O=C(O)c1ccc(Cl)c(OC(F)F)c1Br. The molecular formula is C8H4BrClF2O3. The fourth-order valence-electron chi connectivity index (χ4n) is 0.895. The van der Waals surface area contributed by atoms with Gasteiger partial charge in [0.05, 0.1) is 15.1 Å². The van der Waals surface area contributed by atoms with Gasteiger partial charge in [-0.3, -0.25) is 0 Å². The van der Waals surface area contributed by atoms with E-state index < -0.39 is 12.6 Å². The summed E-state index contributed by atoms with van der Waals surface area (Å²) >= 11 is 8.41. The van der Waals surface area contributed by atoms with Gasteiger partial charge in [0.2, 0.25) is 0 Å². The Morgan fingerprint density at radius 1 is 1.53 bits per heavy atom. The van der Waals surface area contributed by atoms with Gasteiger partial charge < -0.3 is 9.84 Å². The molecule has 1 rings (SSSR count). The molecule has 0 unspecified atom stereocenters. The van der Waals surface area contributed by atoms with Crippen molar-refractivity contribution in [1.82, 2.24) is 0 Å². The maximum atomic E-state index is 12.0. The lowest BCUT2D eigenvalue weighted by atomic mass is 10.2. The molecule has 0 aliphatic heterocycles. The van der Waals surface area contributed by atoms with Crippen molar-refractivity contribution < 1.29 is 23.4 Å². The topological polar surface area (TPSA) is 46.5 Å². The van der Waals surface area contributed by atoms with E-state index in [1.165, 1.54) is 12.1 Å². The summed E-state index contributed by atoms with van der Waals surface area (Å²) in [5, 5.41) is 8.61. The van der Waals surface area contributed by atoms with Crippen molar-refractivity contribution >= 4 is 33.5 Å². The lowest BCUT2D eigenvalue weighted by Gasteiger charge is -2.10. The van der Waals surface area contributed by atoms with E-state index in [2.05, 4.69) is 20.7 Å². The molecule has 0 amide bonds. The molecule has 0 bridgehead atoms. The number of aromatic carboxylic acids is 1. The van der Waals surface area contributed by atoms with Gasteiger partial charge in [0, 0.05) is 0 Å². The first-order valence-corrected chi connectivity index (χ1v) is 4.76. The van der Waals surface area contributed by atoms with Crippen LogP contribution < -0.4 is 4.74 Å². The maximum Gasteiger partial charge on any atom is 0.387 e. The molecule has 0 saturated carbocycles. The number of rotatable bonds is 3. The number of ether oxygens (including phenoxy) is 1. The summed E-state index contributed by atoms with van der Waals surface area (Å²) in [5.74, 6) is -1.65. The van der Waals surface area contributed by atoms with E-state index in [-0.39, 0.29) is 20.8 Å². The summed E-state index contributed by atoms with van der Waals surface area (Å²) in [6.07, 6.45) is 0. The lowest BCUT2D eigenvalue weighted by Crippen LogP contribution is -2.06. The highest BCUT2D eigenvalue weighted by Gasteiger charge is 2.18. The van der Waals surface area contributed by atoms with Crippen molar-refractivity contribution in [1.29, 1.82) is 0 Å². The molecule has 1 aromatic rings. The number of halogens is 4. The summed E-state index contributed by atoms with van der Waals surface area (Å²) in [4.78, 5) is 10.7. The highest BCUT2D eigenvalue weighted by molar-refractivity contribution is 9.10. The molecule has 0 heterocycles. The zero-order chi connectivity index (χ0) is 11.6. The van der Waals surface area contributed by atoms with E-state index in [9.17, 15) is 13.6 Å². The first-order chi connectivity index (χ1) is 6.93. The Balaban J connectivity index is 3.24. The van der Waals surface area contributed by atoms with E-state index in [1.54, 1.807) is 0 Å². The van der Waals surface area contributed by atoms with E-state index in [1.807, 2.05) is 0 Å². The van der Waals surface area contributed by atoms with Crippen LogP contribution in [-0.2, 0) is 0 Å². The van der Waals surface area contributed by atoms with Crippen molar-refractivity contribution in [3.8, 4) is 5.75 Å². The Morgan fingerprint density at radius 3 is 2.60 bits per heavy atom. The van der Waals surface area contributed by atoms with Gasteiger partial charge in [-0.1, -0.05) is 11.6 Å². The monoisotopic (exact) mass is 300 g/mol. The second-order valence-electron chi connectivity index (χ2n) is 2.42. The summed E-state index contributed by atoms with van der Waals surface area (Å²) < 4.78 is 27.9. The van der Waals surface area contributed by atoms with Crippen LogP contribution in [0.5, 0.6) is 5.75 Å². The molecule has 15 heavy (non-hydrogen) atoms. The fraction of sp³-hybridized carbons (Fsp3) is 0.125. The van der Waals surface area contributed by atoms with Gasteiger partial charge in [0.1, 0.15) is 0 Å². The second kappa shape index (κ2) is 4.76. The molecule has 0 fully saturated rings. The molecule has 0 aliphatic carbocycles. The minimum Gasteiger partial charge on any atom is -0.478 e. The third kappa shape index (κ3) is 2.79. The number of benzene rings is 1. The first kappa shape index (κ1) is 12.2. The predicted molar refractivity (Wildman–Crippen MR) is 52.7 cm³/mol. The Bertz CT molecular complexity index is 398. The van der Waals surface area contributed by atoms with Gasteiger partial charge in [-0.05, 0) is 28.1 Å². The Hall–Kier alpha value is -0.880. The van der Waals surface area contributed by atoms with Gasteiger partial charge in [-0.2, -0.15) is 8.78 Å². The molecule has 0 radical (unpaired) electrons. The van der Waals surface area contributed by atoms with E-state index >= 15 is 0 Å². The van der Waals surface area contributed by atoms with Crippen molar-refractivity contribution in [3.05, 3.63) is 27.2 Å². The third-order valence-corrected chi connectivity index (χ3v) is 2.57. The molecule has 1 N–H and O–H groups in total. The van der Waals surface area contributed by atoms with Crippen LogP contribution in [0.15, 0.2) is 16.6 Å². The van der Waals surface area contributed by atoms with Crippen molar-refractivity contribution in [3.63, 3.8) is 0 Å². The maximum absolute atomic E-state index is 12.0. The number of carboxylic acids is 1. The van der Waals surface area contributed by atoms with Crippen molar-refractivity contribution in [2.75, 3.05) is 0 Å². The van der Waals surface area contributed by atoms with Crippen LogP contribution in [0, 0.1) is 0 Å². The van der Waals surface area contributed by atoms with Crippen molar-refractivity contribution in [2.24, 2.45) is 0 Å². The summed E-state index contributed by atoms with van der Waals surface area (Å²) in [5.41, 5.74) is -0.199. The van der Waals surface area contributed by atoms with Gasteiger partial charge in [-0.15, -0.1) is 0 Å². The zero-order valence-corrected chi connectivity index (χ0v) is 9.35.